The molecule has 3 nitrogen and oxygen atoms in total. The van der Waals surface area contributed by atoms with Crippen LogP contribution in [0.4, 0.5) is 0 Å². The summed E-state index contributed by atoms with van der Waals surface area (Å²) >= 11 is 0. The molecule has 0 aliphatic heterocycles. The molecule has 0 aromatic heterocycles. The first kappa shape index (κ1) is 11.9. The van der Waals surface area contributed by atoms with E-state index in [-0.39, 0.29) is 0 Å². The summed E-state index contributed by atoms with van der Waals surface area (Å²) in [7, 11) is -2.35. The van der Waals surface area contributed by atoms with Gasteiger partial charge >= 0.3 is 0 Å². The fourth-order valence-electron chi connectivity index (χ4n) is 1.08. The second-order valence-electron chi connectivity index (χ2n) is 2.84. The van der Waals surface area contributed by atoms with E-state index in [9.17, 15) is 8.42 Å². The standard InChI is InChI=1S/C8H19NO2S/c1-3-5-6-7-8-9(4-2)12(10)11/h12H,3-8H2,1-2H3. The van der Waals surface area contributed by atoms with E-state index in [0.717, 1.165) is 12.8 Å². The van der Waals surface area contributed by atoms with E-state index in [1.54, 1.807) is 0 Å². The van der Waals surface area contributed by atoms with Crippen LogP contribution in [0.2, 0.25) is 0 Å². The molecule has 0 atom stereocenters. The van der Waals surface area contributed by atoms with Crippen LogP contribution >= 0.6 is 0 Å². The molecule has 0 bridgehead atoms. The smallest absolute Gasteiger partial charge is 0.203 e. The van der Waals surface area contributed by atoms with Gasteiger partial charge in [0.1, 0.15) is 0 Å². The highest BCUT2D eigenvalue weighted by molar-refractivity contribution is 7.69. The van der Waals surface area contributed by atoms with E-state index in [2.05, 4.69) is 6.92 Å². The van der Waals surface area contributed by atoms with Crippen LogP contribution in [0, 0.1) is 0 Å². The number of thiol groups is 1. The maximum atomic E-state index is 10.6. The van der Waals surface area contributed by atoms with Crippen molar-refractivity contribution in [3.05, 3.63) is 0 Å². The molecule has 0 N–H and O–H groups in total. The Balaban J connectivity index is 3.45. The summed E-state index contributed by atoms with van der Waals surface area (Å²) in [4.78, 5) is 0. The lowest BCUT2D eigenvalue weighted by molar-refractivity contribution is 0.426. The predicted octanol–water partition coefficient (Wildman–Crippen LogP) is 1.42. The second kappa shape index (κ2) is 7.55. The highest BCUT2D eigenvalue weighted by atomic mass is 32.2. The molecule has 0 aliphatic carbocycles. The Morgan fingerprint density at radius 2 is 1.75 bits per heavy atom. The van der Waals surface area contributed by atoms with Crippen LogP contribution < -0.4 is 0 Å². The van der Waals surface area contributed by atoms with Crippen molar-refractivity contribution in [1.82, 2.24) is 4.31 Å². The van der Waals surface area contributed by atoms with Gasteiger partial charge in [0.25, 0.3) is 0 Å². The van der Waals surface area contributed by atoms with E-state index >= 15 is 0 Å². The van der Waals surface area contributed by atoms with E-state index in [4.69, 9.17) is 0 Å². The summed E-state index contributed by atoms with van der Waals surface area (Å²) in [5.41, 5.74) is 0. The Bertz CT molecular complexity index is 160. The zero-order chi connectivity index (χ0) is 9.40. The molecule has 0 heterocycles. The van der Waals surface area contributed by atoms with Gasteiger partial charge in [-0.2, -0.15) is 0 Å². The molecule has 0 amide bonds. The molecule has 12 heavy (non-hydrogen) atoms. The van der Waals surface area contributed by atoms with Crippen molar-refractivity contribution in [3.63, 3.8) is 0 Å². The number of unbranched alkanes of at least 4 members (excludes halogenated alkanes) is 3. The van der Waals surface area contributed by atoms with Crippen molar-refractivity contribution < 1.29 is 8.42 Å². The third kappa shape index (κ3) is 5.55. The number of rotatable bonds is 7. The van der Waals surface area contributed by atoms with Gasteiger partial charge in [-0.25, -0.2) is 12.7 Å². The average molecular weight is 193 g/mol. The predicted molar refractivity (Wildman–Crippen MR) is 51.7 cm³/mol. The van der Waals surface area contributed by atoms with Crippen molar-refractivity contribution >= 4 is 10.9 Å². The highest BCUT2D eigenvalue weighted by Gasteiger charge is 2.01. The fourth-order valence-corrected chi connectivity index (χ4v) is 1.61. The summed E-state index contributed by atoms with van der Waals surface area (Å²) in [6, 6.07) is 0. The van der Waals surface area contributed by atoms with Crippen LogP contribution in [0.25, 0.3) is 0 Å². The zero-order valence-electron chi connectivity index (χ0n) is 7.95. The maximum Gasteiger partial charge on any atom is 0.203 e. The number of hydrogen-bond acceptors (Lipinski definition) is 2. The molecule has 0 unspecified atom stereocenters. The Morgan fingerprint density at radius 3 is 2.17 bits per heavy atom. The van der Waals surface area contributed by atoms with Crippen LogP contribution in [-0.4, -0.2) is 25.8 Å². The quantitative estimate of drug-likeness (QED) is 0.490. The molecule has 0 aromatic rings. The SMILES string of the molecule is CCCCCCN(CC)[SH](=O)=O. The van der Waals surface area contributed by atoms with E-state index in [1.165, 1.54) is 17.1 Å². The third-order valence-electron chi connectivity index (χ3n) is 1.87. The summed E-state index contributed by atoms with van der Waals surface area (Å²) in [6.07, 6.45) is 4.52. The van der Waals surface area contributed by atoms with E-state index in [1.807, 2.05) is 6.92 Å². The first-order valence-electron chi connectivity index (χ1n) is 4.61. The topological polar surface area (TPSA) is 37.4 Å². The van der Waals surface area contributed by atoms with Gasteiger partial charge in [0.15, 0.2) is 0 Å². The molecule has 0 radical (unpaired) electrons. The minimum Gasteiger partial charge on any atom is -0.215 e. The van der Waals surface area contributed by atoms with Crippen LogP contribution in [0.3, 0.4) is 0 Å². The largest absolute Gasteiger partial charge is 0.215 e. The van der Waals surface area contributed by atoms with Crippen molar-refractivity contribution in [3.8, 4) is 0 Å². The maximum absolute atomic E-state index is 10.6. The molecule has 4 heteroatoms. The molecule has 0 aliphatic rings. The van der Waals surface area contributed by atoms with E-state index in [0.29, 0.717) is 13.1 Å². The Morgan fingerprint density at radius 1 is 1.08 bits per heavy atom. The minimum atomic E-state index is -2.35. The van der Waals surface area contributed by atoms with Gasteiger partial charge in [0, 0.05) is 13.1 Å². The monoisotopic (exact) mass is 193 g/mol. The van der Waals surface area contributed by atoms with Gasteiger partial charge in [-0.1, -0.05) is 33.1 Å². The van der Waals surface area contributed by atoms with E-state index < -0.39 is 10.9 Å². The molecule has 74 valence electrons. The normalized spacial score (nSPS) is 11.3. The molecule has 0 rings (SSSR count). The summed E-state index contributed by atoms with van der Waals surface area (Å²) < 4.78 is 22.6. The molecule has 0 fully saturated rings. The molecular formula is C8H19NO2S. The van der Waals surface area contributed by atoms with Crippen molar-refractivity contribution in [1.29, 1.82) is 0 Å². The molecule has 0 saturated carbocycles. The summed E-state index contributed by atoms with van der Waals surface area (Å²) in [5, 5.41) is 0. The Labute approximate surface area is 76.8 Å². The van der Waals surface area contributed by atoms with Crippen molar-refractivity contribution in [2.24, 2.45) is 0 Å². The Hall–Kier alpha value is -0.0900. The van der Waals surface area contributed by atoms with Crippen molar-refractivity contribution in [2.75, 3.05) is 13.1 Å². The van der Waals surface area contributed by atoms with Gasteiger partial charge in [0.2, 0.25) is 10.9 Å². The average Bonchev–Trinajstić information content (AvgIpc) is 2.04. The van der Waals surface area contributed by atoms with Crippen LogP contribution in [0.5, 0.6) is 0 Å². The fraction of sp³-hybridized carbons (Fsp3) is 1.00. The molecular weight excluding hydrogens is 174 g/mol. The lowest BCUT2D eigenvalue weighted by Crippen LogP contribution is -2.22. The number of nitrogens with zero attached hydrogens (tertiary/aromatic N) is 1. The van der Waals surface area contributed by atoms with Gasteiger partial charge < -0.3 is 0 Å². The second-order valence-corrected chi connectivity index (χ2v) is 3.89. The van der Waals surface area contributed by atoms with Crippen LogP contribution in [0.1, 0.15) is 39.5 Å². The minimum absolute atomic E-state index is 0.602. The third-order valence-corrected chi connectivity index (χ3v) is 2.81. The zero-order valence-corrected chi connectivity index (χ0v) is 8.85. The molecule has 0 aromatic carbocycles. The Kier molecular flexibility index (Phi) is 7.50. The van der Waals surface area contributed by atoms with Gasteiger partial charge in [-0.3, -0.25) is 0 Å². The van der Waals surface area contributed by atoms with Crippen molar-refractivity contribution in [2.45, 2.75) is 39.5 Å². The lowest BCUT2D eigenvalue weighted by atomic mass is 10.2. The lowest BCUT2D eigenvalue weighted by Gasteiger charge is -2.11. The molecule has 0 spiro atoms. The first-order valence-corrected chi connectivity index (χ1v) is 5.74. The first-order chi connectivity index (χ1) is 5.72. The summed E-state index contributed by atoms with van der Waals surface area (Å²) in [6.45, 7) is 5.30. The van der Waals surface area contributed by atoms with Gasteiger partial charge in [-0.05, 0) is 6.42 Å². The highest BCUT2D eigenvalue weighted by Crippen LogP contribution is 2.00. The summed E-state index contributed by atoms with van der Waals surface area (Å²) in [5.74, 6) is 0. The van der Waals surface area contributed by atoms with Crippen LogP contribution in [0.15, 0.2) is 0 Å². The number of hydrogen-bond donors (Lipinski definition) is 1. The van der Waals surface area contributed by atoms with Gasteiger partial charge in [-0.15, -0.1) is 0 Å². The van der Waals surface area contributed by atoms with Crippen LogP contribution in [-0.2, 0) is 10.9 Å². The molecule has 0 saturated heterocycles. The van der Waals surface area contributed by atoms with Gasteiger partial charge in [0.05, 0.1) is 0 Å².